The fourth-order valence-corrected chi connectivity index (χ4v) is 7.52. The lowest BCUT2D eigenvalue weighted by Gasteiger charge is -2.51. The Morgan fingerprint density at radius 3 is 2.50 bits per heavy atom. The molecule has 3 atom stereocenters. The molecule has 2 unspecified atom stereocenters. The van der Waals surface area contributed by atoms with Crippen molar-refractivity contribution in [3.63, 3.8) is 0 Å². The topological polar surface area (TPSA) is 69.6 Å². The molecule has 8 heteroatoms. The van der Waals surface area contributed by atoms with Crippen LogP contribution >= 0.6 is 11.6 Å². The Kier molecular flexibility index (Phi) is 5.19. The minimum atomic E-state index is -1.08. The molecule has 1 aromatic heterocycles. The lowest BCUT2D eigenvalue weighted by atomic mass is 9.76. The summed E-state index contributed by atoms with van der Waals surface area (Å²) in [5.74, 6) is 2.67. The van der Waals surface area contributed by atoms with E-state index in [-0.39, 0.29) is 12.1 Å². The highest BCUT2D eigenvalue weighted by atomic mass is 35.5. The number of benzene rings is 1. The van der Waals surface area contributed by atoms with Crippen molar-refractivity contribution >= 4 is 34.2 Å². The van der Waals surface area contributed by atoms with Crippen LogP contribution in [0.3, 0.4) is 0 Å². The first kappa shape index (κ1) is 20.9. The number of rotatable bonds is 4. The van der Waals surface area contributed by atoms with Crippen LogP contribution in [0.5, 0.6) is 0 Å². The van der Waals surface area contributed by atoms with E-state index in [9.17, 15) is 9.32 Å². The summed E-state index contributed by atoms with van der Waals surface area (Å²) in [6.45, 7) is 0.804. The van der Waals surface area contributed by atoms with Gasteiger partial charge in [0.05, 0.1) is 34.0 Å². The number of aliphatic hydroxyl groups excluding tert-OH is 1. The van der Waals surface area contributed by atoms with Gasteiger partial charge in [-0.1, -0.05) is 23.7 Å². The zero-order chi connectivity index (χ0) is 21.9. The Hall–Kier alpha value is -1.70. The van der Waals surface area contributed by atoms with E-state index < -0.39 is 10.8 Å². The molecule has 4 heterocycles. The van der Waals surface area contributed by atoms with E-state index in [1.165, 1.54) is 5.56 Å². The van der Waals surface area contributed by atoms with Gasteiger partial charge in [0.2, 0.25) is 5.95 Å². The molecule has 1 aliphatic carbocycles. The molecular weight excluding hydrogens is 444 g/mol. The van der Waals surface area contributed by atoms with Crippen LogP contribution in [0.4, 0.5) is 11.8 Å². The molecule has 1 saturated carbocycles. The van der Waals surface area contributed by atoms with Crippen LogP contribution in [-0.4, -0.2) is 55.8 Å². The van der Waals surface area contributed by atoms with Gasteiger partial charge in [0.15, 0.2) is 5.82 Å². The maximum Gasteiger partial charge on any atom is 0.227 e. The SMILES string of the molecule is O=[S@]1CCN(C2(CO)CCC2)c2nc(N3C4CCC3CC(c3ccc(Cl)cc3)C4)ncc21. The number of aromatic nitrogens is 2. The number of halogens is 1. The maximum absolute atomic E-state index is 12.7. The van der Waals surface area contributed by atoms with Gasteiger partial charge in [0.1, 0.15) is 0 Å². The van der Waals surface area contributed by atoms with Gasteiger partial charge in [0.25, 0.3) is 0 Å². The summed E-state index contributed by atoms with van der Waals surface area (Å²) in [4.78, 5) is 15.1. The van der Waals surface area contributed by atoms with Gasteiger partial charge in [-0.3, -0.25) is 4.21 Å². The van der Waals surface area contributed by atoms with Gasteiger partial charge in [-0.05, 0) is 68.6 Å². The van der Waals surface area contributed by atoms with E-state index in [0.29, 0.717) is 30.3 Å². The van der Waals surface area contributed by atoms with Crippen LogP contribution in [0.1, 0.15) is 56.4 Å². The average molecular weight is 473 g/mol. The van der Waals surface area contributed by atoms with E-state index >= 15 is 0 Å². The van der Waals surface area contributed by atoms with Crippen molar-refractivity contribution in [1.82, 2.24) is 9.97 Å². The Bertz CT molecular complexity index is 1030. The third-order valence-electron chi connectivity index (χ3n) is 8.18. The largest absolute Gasteiger partial charge is 0.394 e. The standard InChI is InChI=1S/C24H29ClN4O2S/c25-18-4-2-16(3-5-18)17-12-19-6-7-20(13-17)29(19)23-26-14-21-22(27-23)28(10-11-32(21)31)24(15-30)8-1-9-24/h2-5,14,17,19-20,30H,1,6-13,15H2/t17?,19?,20?,32-/m0/s1. The lowest BCUT2D eigenvalue weighted by Crippen LogP contribution is -2.59. The number of fused-ring (bicyclic) bond motifs is 3. The molecule has 1 aromatic carbocycles. The molecule has 170 valence electrons. The molecule has 2 bridgehead atoms. The van der Waals surface area contributed by atoms with Crippen LogP contribution in [0.25, 0.3) is 0 Å². The van der Waals surface area contributed by atoms with Crippen molar-refractivity contribution in [1.29, 1.82) is 0 Å². The minimum Gasteiger partial charge on any atom is -0.394 e. The molecule has 4 aliphatic rings. The number of hydrogen-bond donors (Lipinski definition) is 1. The summed E-state index contributed by atoms with van der Waals surface area (Å²) in [6.07, 6.45) is 9.34. The highest BCUT2D eigenvalue weighted by Gasteiger charge is 2.47. The minimum absolute atomic E-state index is 0.121. The van der Waals surface area contributed by atoms with Crippen LogP contribution in [0, 0.1) is 0 Å². The van der Waals surface area contributed by atoms with Gasteiger partial charge in [0, 0.05) is 29.4 Å². The monoisotopic (exact) mass is 472 g/mol. The van der Waals surface area contributed by atoms with Crippen LogP contribution in [-0.2, 0) is 10.8 Å². The van der Waals surface area contributed by atoms with Crippen molar-refractivity contribution < 1.29 is 9.32 Å². The molecular formula is C24H29ClN4O2S. The predicted molar refractivity (Wildman–Crippen MR) is 127 cm³/mol. The third kappa shape index (κ3) is 3.27. The van der Waals surface area contributed by atoms with Crippen LogP contribution in [0.15, 0.2) is 35.4 Å². The summed E-state index contributed by atoms with van der Waals surface area (Å²) in [5, 5.41) is 11.0. The van der Waals surface area contributed by atoms with E-state index in [2.05, 4.69) is 21.9 Å². The zero-order valence-corrected chi connectivity index (χ0v) is 19.7. The first-order valence-electron chi connectivity index (χ1n) is 11.8. The number of hydrogen-bond acceptors (Lipinski definition) is 6. The number of aliphatic hydroxyl groups is 1. The van der Waals surface area contributed by atoms with Gasteiger partial charge >= 0.3 is 0 Å². The molecule has 6 rings (SSSR count). The molecule has 2 aromatic rings. The molecule has 0 spiro atoms. The smallest absolute Gasteiger partial charge is 0.227 e. The number of anilines is 2. The molecule has 3 fully saturated rings. The molecule has 0 amide bonds. The van der Waals surface area contributed by atoms with E-state index in [1.54, 1.807) is 6.20 Å². The summed E-state index contributed by atoms with van der Waals surface area (Å²) in [7, 11) is -1.08. The first-order chi connectivity index (χ1) is 15.6. The van der Waals surface area contributed by atoms with Crippen LogP contribution in [0.2, 0.25) is 5.02 Å². The van der Waals surface area contributed by atoms with E-state index in [1.807, 2.05) is 12.1 Å². The zero-order valence-electron chi connectivity index (χ0n) is 18.1. The fraction of sp³-hybridized carbons (Fsp3) is 0.583. The Labute approximate surface area is 196 Å². The molecule has 32 heavy (non-hydrogen) atoms. The Morgan fingerprint density at radius 1 is 1.16 bits per heavy atom. The van der Waals surface area contributed by atoms with Crippen molar-refractivity contribution in [2.45, 2.75) is 73.4 Å². The average Bonchev–Trinajstić information content (AvgIpc) is 3.04. The highest BCUT2D eigenvalue weighted by Crippen LogP contribution is 2.46. The summed E-state index contributed by atoms with van der Waals surface area (Å²) < 4.78 is 12.7. The first-order valence-corrected chi connectivity index (χ1v) is 13.5. The second-order valence-electron chi connectivity index (χ2n) is 9.81. The van der Waals surface area contributed by atoms with Gasteiger partial charge in [-0.25, -0.2) is 4.98 Å². The van der Waals surface area contributed by atoms with Gasteiger partial charge in [-0.2, -0.15) is 4.98 Å². The van der Waals surface area contributed by atoms with E-state index in [0.717, 1.165) is 66.6 Å². The van der Waals surface area contributed by atoms with E-state index in [4.69, 9.17) is 21.6 Å². The van der Waals surface area contributed by atoms with Crippen molar-refractivity contribution in [2.24, 2.45) is 0 Å². The molecule has 0 radical (unpaired) electrons. The Morgan fingerprint density at radius 2 is 1.88 bits per heavy atom. The summed E-state index contributed by atoms with van der Waals surface area (Å²) >= 11 is 6.09. The number of nitrogens with zero attached hydrogens (tertiary/aromatic N) is 4. The molecule has 6 nitrogen and oxygen atoms in total. The second kappa shape index (κ2) is 7.96. The van der Waals surface area contributed by atoms with Crippen molar-refractivity contribution in [2.75, 3.05) is 28.7 Å². The quantitative estimate of drug-likeness (QED) is 0.728. The maximum atomic E-state index is 12.7. The fourth-order valence-electron chi connectivity index (χ4n) is 6.29. The highest BCUT2D eigenvalue weighted by molar-refractivity contribution is 7.85. The summed E-state index contributed by atoms with van der Waals surface area (Å²) in [6, 6.07) is 9.15. The molecule has 3 aliphatic heterocycles. The van der Waals surface area contributed by atoms with Crippen LogP contribution < -0.4 is 9.80 Å². The second-order valence-corrected chi connectivity index (χ2v) is 11.8. The van der Waals surface area contributed by atoms with Gasteiger partial charge < -0.3 is 14.9 Å². The third-order valence-corrected chi connectivity index (χ3v) is 9.77. The predicted octanol–water partition coefficient (Wildman–Crippen LogP) is 3.89. The van der Waals surface area contributed by atoms with Gasteiger partial charge in [-0.15, -0.1) is 0 Å². The van der Waals surface area contributed by atoms with Crippen molar-refractivity contribution in [3.8, 4) is 0 Å². The molecule has 1 N–H and O–H groups in total. The lowest BCUT2D eigenvalue weighted by molar-refractivity contribution is 0.115. The van der Waals surface area contributed by atoms with Crippen molar-refractivity contribution in [3.05, 3.63) is 41.0 Å². The normalized spacial score (nSPS) is 30.7. The summed E-state index contributed by atoms with van der Waals surface area (Å²) in [5.41, 5.74) is 1.12. The number of piperidine rings is 1. The molecule has 2 saturated heterocycles. The Balaban J connectivity index is 1.31.